The molecule has 0 aliphatic heterocycles. The van der Waals surface area contributed by atoms with E-state index in [-0.39, 0.29) is 6.54 Å². The third kappa shape index (κ3) is 2.66. The second kappa shape index (κ2) is 5.40. The number of aromatic nitrogens is 1. The van der Waals surface area contributed by atoms with Gasteiger partial charge in [0.25, 0.3) is 0 Å². The number of benzene rings is 2. The zero-order valence-electron chi connectivity index (χ0n) is 11.9. The Morgan fingerprint density at radius 3 is 2.36 bits per heavy atom. The summed E-state index contributed by atoms with van der Waals surface area (Å²) >= 11 is 0. The van der Waals surface area contributed by atoms with Crippen LogP contribution in [0.3, 0.4) is 0 Å². The molecule has 0 aliphatic carbocycles. The van der Waals surface area contributed by atoms with Crippen LogP contribution < -0.4 is 4.74 Å². The van der Waals surface area contributed by atoms with E-state index in [0.717, 1.165) is 5.56 Å². The predicted octanol–water partition coefficient (Wildman–Crippen LogP) is 4.72. The van der Waals surface area contributed by atoms with Crippen LogP contribution >= 0.6 is 0 Å². The third-order valence-corrected chi connectivity index (χ3v) is 3.59. The van der Waals surface area contributed by atoms with Crippen LogP contribution in [0.4, 0.5) is 13.2 Å². The van der Waals surface area contributed by atoms with Gasteiger partial charge in [0.1, 0.15) is 11.4 Å². The third-order valence-electron chi connectivity index (χ3n) is 3.59. The van der Waals surface area contributed by atoms with Crippen LogP contribution in [0.25, 0.3) is 10.9 Å². The first-order valence-corrected chi connectivity index (χ1v) is 6.77. The molecule has 114 valence electrons. The van der Waals surface area contributed by atoms with Crippen molar-refractivity contribution in [2.75, 3.05) is 7.11 Å². The van der Waals surface area contributed by atoms with Gasteiger partial charge in [0.2, 0.25) is 0 Å². The van der Waals surface area contributed by atoms with E-state index < -0.39 is 11.9 Å². The van der Waals surface area contributed by atoms with Gasteiger partial charge in [-0.1, -0.05) is 30.3 Å². The highest BCUT2D eigenvalue weighted by molar-refractivity contribution is 5.83. The van der Waals surface area contributed by atoms with Gasteiger partial charge in [-0.3, -0.25) is 0 Å². The molecular weight excluding hydrogens is 291 g/mol. The fourth-order valence-electron chi connectivity index (χ4n) is 2.53. The molecule has 2 aromatic carbocycles. The summed E-state index contributed by atoms with van der Waals surface area (Å²) in [6, 6.07) is 15.2. The van der Waals surface area contributed by atoms with E-state index in [9.17, 15) is 13.2 Å². The number of methoxy groups -OCH3 is 1. The Hall–Kier alpha value is -2.43. The van der Waals surface area contributed by atoms with E-state index in [1.165, 1.54) is 17.7 Å². The second-order valence-electron chi connectivity index (χ2n) is 5.02. The van der Waals surface area contributed by atoms with Crippen molar-refractivity contribution >= 4 is 10.9 Å². The second-order valence-corrected chi connectivity index (χ2v) is 5.02. The first-order chi connectivity index (χ1) is 10.5. The number of nitrogens with zero attached hydrogens (tertiary/aromatic N) is 1. The molecule has 0 unspecified atom stereocenters. The number of hydrogen-bond acceptors (Lipinski definition) is 1. The number of hydrogen-bond donors (Lipinski definition) is 0. The topological polar surface area (TPSA) is 14.2 Å². The zero-order valence-corrected chi connectivity index (χ0v) is 11.9. The van der Waals surface area contributed by atoms with Crippen molar-refractivity contribution < 1.29 is 17.9 Å². The van der Waals surface area contributed by atoms with Gasteiger partial charge >= 0.3 is 6.18 Å². The summed E-state index contributed by atoms with van der Waals surface area (Å²) in [5.41, 5.74) is 0.670. The van der Waals surface area contributed by atoms with Crippen LogP contribution in [0.15, 0.2) is 54.6 Å². The van der Waals surface area contributed by atoms with Crippen LogP contribution in [-0.4, -0.2) is 11.7 Å². The molecule has 1 aromatic heterocycles. The summed E-state index contributed by atoms with van der Waals surface area (Å²) in [6.07, 6.45) is -4.40. The summed E-state index contributed by atoms with van der Waals surface area (Å²) in [6.45, 7) is 0.159. The number of fused-ring (bicyclic) bond motifs is 1. The van der Waals surface area contributed by atoms with Crippen molar-refractivity contribution in [2.24, 2.45) is 0 Å². The van der Waals surface area contributed by atoms with Crippen molar-refractivity contribution in [1.29, 1.82) is 0 Å². The molecule has 0 radical (unpaired) electrons. The zero-order chi connectivity index (χ0) is 15.7. The molecule has 5 heteroatoms. The Labute approximate surface area is 125 Å². The van der Waals surface area contributed by atoms with Crippen molar-refractivity contribution in [2.45, 2.75) is 12.7 Å². The molecule has 3 aromatic rings. The summed E-state index contributed by atoms with van der Waals surface area (Å²) in [7, 11) is 1.50. The van der Waals surface area contributed by atoms with Gasteiger partial charge in [-0.15, -0.1) is 0 Å². The Balaban J connectivity index is 2.19. The Morgan fingerprint density at radius 2 is 1.73 bits per heavy atom. The lowest BCUT2D eigenvalue weighted by molar-refractivity contribution is -0.143. The van der Waals surface area contributed by atoms with E-state index in [1.807, 2.05) is 30.3 Å². The quantitative estimate of drug-likeness (QED) is 0.683. The van der Waals surface area contributed by atoms with Gasteiger partial charge in [0, 0.05) is 18.0 Å². The highest BCUT2D eigenvalue weighted by Gasteiger charge is 2.35. The highest BCUT2D eigenvalue weighted by atomic mass is 19.4. The molecule has 22 heavy (non-hydrogen) atoms. The number of halogens is 3. The van der Waals surface area contributed by atoms with Crippen molar-refractivity contribution in [3.8, 4) is 5.75 Å². The Kier molecular flexibility index (Phi) is 3.56. The van der Waals surface area contributed by atoms with Gasteiger partial charge in [0.05, 0.1) is 12.6 Å². The molecule has 0 spiro atoms. The van der Waals surface area contributed by atoms with E-state index >= 15 is 0 Å². The van der Waals surface area contributed by atoms with Crippen LogP contribution in [0, 0.1) is 0 Å². The molecule has 0 saturated carbocycles. The summed E-state index contributed by atoms with van der Waals surface area (Å²) in [4.78, 5) is 0. The lowest BCUT2D eigenvalue weighted by atomic mass is 10.2. The summed E-state index contributed by atoms with van der Waals surface area (Å²) in [5.74, 6) is 0.536. The molecule has 0 aliphatic rings. The van der Waals surface area contributed by atoms with Crippen molar-refractivity contribution in [1.82, 2.24) is 4.57 Å². The number of rotatable bonds is 3. The first kappa shape index (κ1) is 14.5. The van der Waals surface area contributed by atoms with E-state index in [4.69, 9.17) is 4.74 Å². The summed E-state index contributed by atoms with van der Waals surface area (Å²) in [5, 5.41) is 0.545. The monoisotopic (exact) mass is 305 g/mol. The largest absolute Gasteiger partial charge is 0.497 e. The molecular formula is C17H14F3NO. The fourth-order valence-corrected chi connectivity index (χ4v) is 2.53. The average molecular weight is 305 g/mol. The van der Waals surface area contributed by atoms with Crippen molar-refractivity contribution in [3.05, 3.63) is 65.9 Å². The van der Waals surface area contributed by atoms with Crippen LogP contribution in [0.2, 0.25) is 0 Å². The lowest BCUT2D eigenvalue weighted by Gasteiger charge is -2.13. The van der Waals surface area contributed by atoms with E-state index in [0.29, 0.717) is 16.7 Å². The molecule has 0 amide bonds. The molecule has 0 bridgehead atoms. The molecule has 1 heterocycles. The summed E-state index contributed by atoms with van der Waals surface area (Å²) < 4.78 is 46.4. The van der Waals surface area contributed by atoms with Gasteiger partial charge in [-0.25, -0.2) is 0 Å². The van der Waals surface area contributed by atoms with Crippen LogP contribution in [0.5, 0.6) is 5.75 Å². The smallest absolute Gasteiger partial charge is 0.431 e. The minimum atomic E-state index is -4.40. The molecule has 0 atom stereocenters. The van der Waals surface area contributed by atoms with Gasteiger partial charge in [0.15, 0.2) is 0 Å². The maximum absolute atomic E-state index is 13.3. The highest BCUT2D eigenvalue weighted by Crippen LogP contribution is 2.35. The van der Waals surface area contributed by atoms with Gasteiger partial charge < -0.3 is 9.30 Å². The number of ether oxygens (including phenoxy) is 1. The Bertz CT molecular complexity index is 791. The van der Waals surface area contributed by atoms with Crippen LogP contribution in [-0.2, 0) is 12.7 Å². The molecule has 3 rings (SSSR count). The van der Waals surface area contributed by atoms with Gasteiger partial charge in [-0.2, -0.15) is 13.2 Å². The predicted molar refractivity (Wildman–Crippen MR) is 79.0 cm³/mol. The maximum Gasteiger partial charge on any atom is 0.431 e. The minimum absolute atomic E-state index is 0.159. The van der Waals surface area contributed by atoms with Crippen molar-refractivity contribution in [3.63, 3.8) is 0 Å². The average Bonchev–Trinajstić information content (AvgIpc) is 2.86. The molecule has 0 saturated heterocycles. The first-order valence-electron chi connectivity index (χ1n) is 6.77. The number of alkyl halides is 3. The maximum atomic E-state index is 13.3. The molecule has 0 N–H and O–H groups in total. The molecule has 0 fully saturated rings. The lowest BCUT2D eigenvalue weighted by Crippen LogP contribution is -2.14. The van der Waals surface area contributed by atoms with E-state index in [1.54, 1.807) is 18.2 Å². The molecule has 2 nitrogen and oxygen atoms in total. The van der Waals surface area contributed by atoms with Crippen LogP contribution in [0.1, 0.15) is 11.3 Å². The fraction of sp³-hybridized carbons (Fsp3) is 0.176. The standard InChI is InChI=1S/C17H14F3NO/c1-22-14-8-7-13-9-16(17(18,19)20)21(15(13)10-14)11-12-5-3-2-4-6-12/h2-10H,11H2,1H3. The minimum Gasteiger partial charge on any atom is -0.497 e. The Morgan fingerprint density at radius 1 is 1.00 bits per heavy atom. The van der Waals surface area contributed by atoms with E-state index in [2.05, 4.69) is 0 Å². The SMILES string of the molecule is COc1ccc2cc(C(F)(F)F)n(Cc3ccccc3)c2c1. The normalized spacial score (nSPS) is 11.8. The van der Waals surface area contributed by atoms with Gasteiger partial charge in [-0.05, 0) is 23.8 Å².